The van der Waals surface area contributed by atoms with Gasteiger partial charge in [-0.15, -0.1) is 0 Å². The number of carbonyl (C=O) groups excluding carboxylic acids is 3. The molecule has 9 heteroatoms. The average molecular weight is 505 g/mol. The van der Waals surface area contributed by atoms with Crippen LogP contribution in [0.25, 0.3) is 0 Å². The summed E-state index contributed by atoms with van der Waals surface area (Å²) in [5.74, 6) is -2.01. The van der Waals surface area contributed by atoms with Crippen molar-refractivity contribution in [2.75, 3.05) is 41.4 Å². The summed E-state index contributed by atoms with van der Waals surface area (Å²) in [5, 5.41) is 0.791. The Balaban J connectivity index is 2.12. The summed E-state index contributed by atoms with van der Waals surface area (Å²) >= 11 is 13.2. The lowest BCUT2D eigenvalue weighted by molar-refractivity contribution is -0.202. The maximum absolute atomic E-state index is 14.6. The van der Waals surface area contributed by atoms with E-state index in [-0.39, 0.29) is 13.1 Å². The molecular weight excluding hydrogens is 479 g/mol. The first-order valence-corrected chi connectivity index (χ1v) is 11.5. The number of rotatable bonds is 4. The fourth-order valence-electron chi connectivity index (χ4n) is 5.98. The zero-order valence-corrected chi connectivity index (χ0v) is 20.9. The van der Waals surface area contributed by atoms with E-state index in [4.69, 9.17) is 32.7 Å². The fourth-order valence-corrected chi connectivity index (χ4v) is 6.46. The molecule has 2 bridgehead atoms. The molecule has 0 aromatic heterocycles. The highest BCUT2D eigenvalue weighted by molar-refractivity contribution is 6.32. The number of hydrogen-bond donors (Lipinski definition) is 0. The molecule has 34 heavy (non-hydrogen) atoms. The van der Waals surface area contributed by atoms with Gasteiger partial charge in [0.1, 0.15) is 0 Å². The smallest absolute Gasteiger partial charge is 0.322 e. The van der Waals surface area contributed by atoms with Gasteiger partial charge in [-0.05, 0) is 37.4 Å². The summed E-state index contributed by atoms with van der Waals surface area (Å²) in [6.07, 6.45) is 0. The van der Waals surface area contributed by atoms with Gasteiger partial charge in [0.25, 0.3) is 0 Å². The van der Waals surface area contributed by atoms with Crippen LogP contribution in [-0.4, -0.2) is 68.9 Å². The first-order chi connectivity index (χ1) is 16.2. The van der Waals surface area contributed by atoms with Crippen LogP contribution in [0.4, 0.5) is 0 Å². The largest absolute Gasteiger partial charge is 0.468 e. The minimum atomic E-state index is -1.73. The van der Waals surface area contributed by atoms with E-state index in [9.17, 15) is 14.4 Å². The lowest BCUT2D eigenvalue weighted by Crippen LogP contribution is -2.75. The van der Waals surface area contributed by atoms with E-state index in [2.05, 4.69) is 0 Å². The van der Waals surface area contributed by atoms with Crippen LogP contribution in [0.2, 0.25) is 10.0 Å². The van der Waals surface area contributed by atoms with Gasteiger partial charge in [0.2, 0.25) is 0 Å². The van der Waals surface area contributed by atoms with Crippen molar-refractivity contribution in [3.8, 4) is 0 Å². The highest BCUT2D eigenvalue weighted by Crippen LogP contribution is 2.61. The van der Waals surface area contributed by atoms with E-state index in [1.54, 1.807) is 67.5 Å². The van der Waals surface area contributed by atoms with Crippen molar-refractivity contribution in [1.82, 2.24) is 9.80 Å². The van der Waals surface area contributed by atoms with Crippen LogP contribution in [0.1, 0.15) is 23.2 Å². The number of benzene rings is 2. The number of nitrogens with zero attached hydrogens (tertiary/aromatic N) is 2. The first-order valence-electron chi connectivity index (χ1n) is 10.8. The van der Waals surface area contributed by atoms with Crippen molar-refractivity contribution in [3.05, 3.63) is 69.7 Å². The molecule has 180 valence electrons. The lowest BCUT2D eigenvalue weighted by atomic mass is 9.54. The van der Waals surface area contributed by atoms with Crippen molar-refractivity contribution in [2.45, 2.75) is 12.1 Å². The Morgan fingerprint density at radius 3 is 1.56 bits per heavy atom. The Morgan fingerprint density at radius 1 is 0.824 bits per heavy atom. The molecule has 2 aliphatic rings. The lowest BCUT2D eigenvalue weighted by Gasteiger charge is -2.61. The van der Waals surface area contributed by atoms with Crippen LogP contribution < -0.4 is 0 Å². The Morgan fingerprint density at radius 2 is 1.21 bits per heavy atom. The Bertz CT molecular complexity index is 1070. The van der Waals surface area contributed by atoms with Gasteiger partial charge in [0, 0.05) is 23.1 Å². The molecule has 0 unspecified atom stereocenters. The second-order valence-corrected chi connectivity index (χ2v) is 9.76. The van der Waals surface area contributed by atoms with E-state index in [0.717, 1.165) is 0 Å². The van der Waals surface area contributed by atoms with Gasteiger partial charge in [0.15, 0.2) is 16.6 Å². The van der Waals surface area contributed by atoms with Gasteiger partial charge < -0.3 is 14.4 Å². The van der Waals surface area contributed by atoms with Gasteiger partial charge in [-0.1, -0.05) is 59.6 Å². The number of methoxy groups -OCH3 is 2. The monoisotopic (exact) mass is 504 g/mol. The summed E-state index contributed by atoms with van der Waals surface area (Å²) in [6, 6.07) is 12.5. The number of carbonyl (C=O) groups is 3. The predicted octanol–water partition coefficient (Wildman–Crippen LogP) is 3.55. The van der Waals surface area contributed by atoms with Crippen LogP contribution >= 0.6 is 23.2 Å². The van der Waals surface area contributed by atoms with E-state index in [0.29, 0.717) is 21.2 Å². The molecule has 2 aromatic carbocycles. The van der Waals surface area contributed by atoms with E-state index in [1.807, 2.05) is 4.90 Å². The van der Waals surface area contributed by atoms with Gasteiger partial charge in [-0.3, -0.25) is 19.3 Å². The molecule has 0 aliphatic carbocycles. The number of halogens is 2. The molecule has 2 aliphatic heterocycles. The SMILES string of the molecule is COC(=O)[C@]12CN(C)C[C@](C(=O)OC)(C1=O)[C@@H](c1ccccc1Cl)N(C)[C@H]2c1ccccc1Cl. The van der Waals surface area contributed by atoms with Crippen molar-refractivity contribution in [2.24, 2.45) is 10.8 Å². The number of hydrogen-bond acceptors (Lipinski definition) is 7. The summed E-state index contributed by atoms with van der Waals surface area (Å²) < 4.78 is 10.4. The van der Waals surface area contributed by atoms with Crippen LogP contribution in [0, 0.1) is 10.8 Å². The molecule has 0 amide bonds. The maximum Gasteiger partial charge on any atom is 0.322 e. The molecule has 4 rings (SSSR count). The molecule has 0 N–H and O–H groups in total. The van der Waals surface area contributed by atoms with E-state index in [1.165, 1.54) is 14.2 Å². The maximum atomic E-state index is 14.6. The topological polar surface area (TPSA) is 76.1 Å². The van der Waals surface area contributed by atoms with Gasteiger partial charge in [0.05, 0.1) is 26.3 Å². The second kappa shape index (κ2) is 8.96. The van der Waals surface area contributed by atoms with Crippen LogP contribution in [-0.2, 0) is 23.9 Å². The number of piperidine rings is 2. The van der Waals surface area contributed by atoms with Crippen LogP contribution in [0.15, 0.2) is 48.5 Å². The third-order valence-electron chi connectivity index (χ3n) is 7.10. The quantitative estimate of drug-likeness (QED) is 0.465. The van der Waals surface area contributed by atoms with Crippen molar-refractivity contribution < 1.29 is 23.9 Å². The van der Waals surface area contributed by atoms with Crippen LogP contribution in [0.3, 0.4) is 0 Å². The Labute approximate surface area is 208 Å². The third kappa shape index (κ3) is 3.29. The highest BCUT2D eigenvalue weighted by Gasteiger charge is 2.74. The summed E-state index contributed by atoms with van der Waals surface area (Å²) in [5.41, 5.74) is -2.30. The number of ketones is 1. The van der Waals surface area contributed by atoms with E-state index >= 15 is 0 Å². The number of likely N-dealkylation sites (tertiary alicyclic amines) is 2. The van der Waals surface area contributed by atoms with Gasteiger partial charge >= 0.3 is 11.9 Å². The zero-order chi connectivity index (χ0) is 24.8. The third-order valence-corrected chi connectivity index (χ3v) is 7.78. The Hall–Kier alpha value is -2.45. The Kier molecular flexibility index (Phi) is 6.50. The summed E-state index contributed by atoms with van der Waals surface area (Å²) in [7, 11) is 6.01. The molecule has 0 saturated carbocycles. The first kappa shape index (κ1) is 24.7. The molecule has 0 radical (unpaired) electrons. The number of esters is 2. The summed E-state index contributed by atoms with van der Waals surface area (Å²) in [4.78, 5) is 45.3. The highest BCUT2D eigenvalue weighted by atomic mass is 35.5. The minimum absolute atomic E-state index is 0.0483. The molecular formula is C25H26Cl2N2O5. The number of Topliss-reactive ketones (excluding diaryl/α,β-unsaturated/α-hetero) is 1. The van der Waals surface area contributed by atoms with Gasteiger partial charge in [-0.2, -0.15) is 0 Å². The van der Waals surface area contributed by atoms with E-state index < -0.39 is 40.6 Å². The molecule has 2 aromatic rings. The van der Waals surface area contributed by atoms with Gasteiger partial charge in [-0.25, -0.2) is 0 Å². The molecule has 2 saturated heterocycles. The molecule has 0 spiro atoms. The summed E-state index contributed by atoms with van der Waals surface area (Å²) in [6.45, 7) is 0.0967. The second-order valence-electron chi connectivity index (χ2n) is 8.94. The molecule has 2 fully saturated rings. The van der Waals surface area contributed by atoms with Crippen molar-refractivity contribution in [1.29, 1.82) is 0 Å². The molecule has 4 atom stereocenters. The van der Waals surface area contributed by atoms with Crippen molar-refractivity contribution >= 4 is 40.9 Å². The minimum Gasteiger partial charge on any atom is -0.468 e. The normalized spacial score (nSPS) is 29.5. The molecule has 7 nitrogen and oxygen atoms in total. The average Bonchev–Trinajstić information content (AvgIpc) is 2.82. The molecule has 2 heterocycles. The fraction of sp³-hybridized carbons (Fsp3) is 0.400. The van der Waals surface area contributed by atoms with Crippen molar-refractivity contribution in [3.63, 3.8) is 0 Å². The number of fused-ring (bicyclic) bond motifs is 2. The zero-order valence-electron chi connectivity index (χ0n) is 19.4. The standard InChI is InChI=1S/C25H26Cl2N2O5/c1-28-13-24(22(31)33-3)19(15-9-5-7-11-17(15)26)29(2)20(16-10-6-8-12-18(16)27)25(14-28,21(24)30)23(32)34-4/h5-12,19-20H,13-14H2,1-4H3/t19-,20+,24-,25+. The number of ether oxygens (including phenoxy) is 2. The van der Waals surface area contributed by atoms with Crippen LogP contribution in [0.5, 0.6) is 0 Å². The predicted molar refractivity (Wildman–Crippen MR) is 128 cm³/mol.